The predicted octanol–water partition coefficient (Wildman–Crippen LogP) is 1.41. The molecular formula is C10H20N2OS. The number of rotatable bonds is 6. The van der Waals surface area contributed by atoms with Gasteiger partial charge < -0.3 is 15.0 Å². The summed E-state index contributed by atoms with van der Waals surface area (Å²) in [7, 11) is 3.68. The summed E-state index contributed by atoms with van der Waals surface area (Å²) < 4.78 is 4.97. The lowest BCUT2D eigenvalue weighted by Gasteiger charge is -2.20. The van der Waals surface area contributed by atoms with Crippen molar-refractivity contribution in [3.63, 3.8) is 0 Å². The number of thiocarbonyl (C=S) groups is 1. The van der Waals surface area contributed by atoms with Crippen molar-refractivity contribution in [1.29, 1.82) is 0 Å². The summed E-state index contributed by atoms with van der Waals surface area (Å²) in [6.45, 7) is 8.20. The average molecular weight is 216 g/mol. The van der Waals surface area contributed by atoms with Crippen LogP contribution in [0.15, 0.2) is 12.2 Å². The van der Waals surface area contributed by atoms with E-state index in [-0.39, 0.29) is 0 Å². The molecule has 0 radical (unpaired) electrons. The van der Waals surface area contributed by atoms with Crippen LogP contribution in [0.2, 0.25) is 0 Å². The molecule has 1 N–H and O–H groups in total. The first kappa shape index (κ1) is 13.4. The van der Waals surface area contributed by atoms with Gasteiger partial charge in [-0.15, -0.1) is 0 Å². The molecule has 0 aromatic carbocycles. The Morgan fingerprint density at radius 2 is 2.21 bits per heavy atom. The molecule has 82 valence electrons. The second kappa shape index (κ2) is 7.76. The first-order valence-corrected chi connectivity index (χ1v) is 5.11. The summed E-state index contributed by atoms with van der Waals surface area (Å²) in [6, 6.07) is 0. The lowest BCUT2D eigenvalue weighted by molar-refractivity contribution is 0.188. The third-order valence-corrected chi connectivity index (χ3v) is 2.19. The highest BCUT2D eigenvalue weighted by molar-refractivity contribution is 7.80. The molecular weight excluding hydrogens is 196 g/mol. The second-order valence-corrected chi connectivity index (χ2v) is 3.77. The van der Waals surface area contributed by atoms with Crippen LogP contribution in [0.3, 0.4) is 0 Å². The van der Waals surface area contributed by atoms with Gasteiger partial charge in [-0.3, -0.25) is 0 Å². The van der Waals surface area contributed by atoms with Crippen LogP contribution in [0, 0.1) is 0 Å². The van der Waals surface area contributed by atoms with Gasteiger partial charge in [-0.25, -0.2) is 0 Å². The Kier molecular flexibility index (Phi) is 7.42. The summed E-state index contributed by atoms with van der Waals surface area (Å²) in [6.07, 6.45) is 0.988. The van der Waals surface area contributed by atoms with Gasteiger partial charge >= 0.3 is 0 Å². The highest BCUT2D eigenvalue weighted by Crippen LogP contribution is 1.91. The third kappa shape index (κ3) is 6.86. The minimum absolute atomic E-state index is 0.744. The first-order chi connectivity index (χ1) is 6.57. The van der Waals surface area contributed by atoms with E-state index >= 15 is 0 Å². The van der Waals surface area contributed by atoms with E-state index < -0.39 is 0 Å². The second-order valence-electron chi connectivity index (χ2n) is 3.38. The molecule has 14 heavy (non-hydrogen) atoms. The maximum atomic E-state index is 5.18. The zero-order valence-electron chi connectivity index (χ0n) is 9.30. The zero-order valence-corrected chi connectivity index (χ0v) is 10.1. The van der Waals surface area contributed by atoms with E-state index in [0.29, 0.717) is 0 Å². The number of hydrogen-bond acceptors (Lipinski definition) is 2. The van der Waals surface area contributed by atoms with Crippen molar-refractivity contribution in [2.75, 3.05) is 33.9 Å². The van der Waals surface area contributed by atoms with Crippen LogP contribution in [0.25, 0.3) is 0 Å². The standard InChI is InChI=1S/C10H20N2OS/c1-9(2)8-11-10(14)12(3)6-5-7-13-4/h1,5-8H2,2-4H3,(H,11,14). The van der Waals surface area contributed by atoms with E-state index in [2.05, 4.69) is 11.9 Å². The van der Waals surface area contributed by atoms with Crippen molar-refractivity contribution in [1.82, 2.24) is 10.2 Å². The van der Waals surface area contributed by atoms with Gasteiger partial charge in [-0.2, -0.15) is 0 Å². The molecule has 0 fully saturated rings. The molecule has 0 unspecified atom stereocenters. The molecule has 0 aliphatic carbocycles. The van der Waals surface area contributed by atoms with Gasteiger partial charge in [0.25, 0.3) is 0 Å². The average Bonchev–Trinajstić information content (AvgIpc) is 2.14. The van der Waals surface area contributed by atoms with E-state index in [1.165, 1.54) is 0 Å². The molecule has 0 spiro atoms. The van der Waals surface area contributed by atoms with Gasteiger partial charge in [-0.1, -0.05) is 12.2 Å². The third-order valence-electron chi connectivity index (χ3n) is 1.73. The smallest absolute Gasteiger partial charge is 0.168 e. The molecule has 0 saturated heterocycles. The highest BCUT2D eigenvalue weighted by atomic mass is 32.1. The summed E-state index contributed by atoms with van der Waals surface area (Å²) in [5.74, 6) is 0. The van der Waals surface area contributed by atoms with Crippen LogP contribution in [0.5, 0.6) is 0 Å². The van der Waals surface area contributed by atoms with E-state index in [0.717, 1.165) is 36.8 Å². The first-order valence-electron chi connectivity index (χ1n) is 4.70. The summed E-state index contributed by atoms with van der Waals surface area (Å²) in [5.41, 5.74) is 1.08. The van der Waals surface area contributed by atoms with Gasteiger partial charge in [0.05, 0.1) is 0 Å². The van der Waals surface area contributed by atoms with Crippen LogP contribution in [-0.2, 0) is 4.74 Å². The highest BCUT2D eigenvalue weighted by Gasteiger charge is 2.02. The van der Waals surface area contributed by atoms with Crippen LogP contribution in [0.1, 0.15) is 13.3 Å². The van der Waals surface area contributed by atoms with Crippen LogP contribution >= 0.6 is 12.2 Å². The Labute approximate surface area is 92.1 Å². The quantitative estimate of drug-likeness (QED) is 0.412. The van der Waals surface area contributed by atoms with E-state index in [1.54, 1.807) is 7.11 Å². The Bertz CT molecular complexity index is 195. The van der Waals surface area contributed by atoms with Crippen molar-refractivity contribution in [3.05, 3.63) is 12.2 Å². The number of methoxy groups -OCH3 is 1. The van der Waals surface area contributed by atoms with Crippen LogP contribution in [-0.4, -0.2) is 43.9 Å². The Morgan fingerprint density at radius 1 is 1.57 bits per heavy atom. The molecule has 0 atom stereocenters. The van der Waals surface area contributed by atoms with Gasteiger partial charge in [0.2, 0.25) is 0 Å². The summed E-state index contributed by atoms with van der Waals surface area (Å²) in [5, 5.41) is 3.89. The van der Waals surface area contributed by atoms with Gasteiger partial charge in [0.15, 0.2) is 5.11 Å². The maximum Gasteiger partial charge on any atom is 0.168 e. The van der Waals surface area contributed by atoms with Crippen molar-refractivity contribution < 1.29 is 4.74 Å². The number of ether oxygens (including phenoxy) is 1. The summed E-state index contributed by atoms with van der Waals surface area (Å²) in [4.78, 5) is 2.01. The van der Waals surface area contributed by atoms with Crippen LogP contribution < -0.4 is 5.32 Å². The molecule has 0 aromatic heterocycles. The SMILES string of the molecule is C=C(C)CNC(=S)N(C)CCCOC. The largest absolute Gasteiger partial charge is 0.385 e. The fourth-order valence-electron chi connectivity index (χ4n) is 0.909. The Morgan fingerprint density at radius 3 is 2.71 bits per heavy atom. The fraction of sp³-hybridized carbons (Fsp3) is 0.700. The van der Waals surface area contributed by atoms with Gasteiger partial charge in [0, 0.05) is 33.9 Å². The minimum atomic E-state index is 0.744. The molecule has 0 aliphatic heterocycles. The molecule has 0 aliphatic rings. The Balaban J connectivity index is 3.59. The zero-order chi connectivity index (χ0) is 11.0. The van der Waals surface area contributed by atoms with E-state index in [4.69, 9.17) is 17.0 Å². The molecule has 0 rings (SSSR count). The number of hydrogen-bond donors (Lipinski definition) is 1. The van der Waals surface area contributed by atoms with Gasteiger partial charge in [0.1, 0.15) is 0 Å². The van der Waals surface area contributed by atoms with E-state index in [1.807, 2.05) is 18.9 Å². The van der Waals surface area contributed by atoms with Crippen molar-refractivity contribution in [2.24, 2.45) is 0 Å². The normalized spacial score (nSPS) is 9.64. The fourth-order valence-corrected chi connectivity index (χ4v) is 1.07. The molecule has 4 heteroatoms. The lowest BCUT2D eigenvalue weighted by atomic mass is 10.3. The lowest BCUT2D eigenvalue weighted by Crippen LogP contribution is -2.38. The predicted molar refractivity (Wildman–Crippen MR) is 64.5 cm³/mol. The summed E-state index contributed by atoms with van der Waals surface area (Å²) >= 11 is 5.18. The van der Waals surface area contributed by atoms with Crippen molar-refractivity contribution >= 4 is 17.3 Å². The van der Waals surface area contributed by atoms with Crippen molar-refractivity contribution in [3.8, 4) is 0 Å². The Hall–Kier alpha value is -0.610. The maximum absolute atomic E-state index is 5.18. The minimum Gasteiger partial charge on any atom is -0.385 e. The molecule has 0 bridgehead atoms. The number of nitrogens with zero attached hydrogens (tertiary/aromatic N) is 1. The van der Waals surface area contributed by atoms with Crippen molar-refractivity contribution in [2.45, 2.75) is 13.3 Å². The topological polar surface area (TPSA) is 24.5 Å². The van der Waals surface area contributed by atoms with E-state index in [9.17, 15) is 0 Å². The molecule has 0 saturated carbocycles. The molecule has 0 amide bonds. The molecule has 3 nitrogen and oxygen atoms in total. The number of nitrogens with one attached hydrogen (secondary N) is 1. The molecule has 0 heterocycles. The van der Waals surface area contributed by atoms with Crippen LogP contribution in [0.4, 0.5) is 0 Å². The monoisotopic (exact) mass is 216 g/mol. The van der Waals surface area contributed by atoms with Gasteiger partial charge in [-0.05, 0) is 25.6 Å². The molecule has 0 aromatic rings.